The molecule has 0 saturated heterocycles. The van der Waals surface area contributed by atoms with Gasteiger partial charge in [-0.2, -0.15) is 0 Å². The molecule has 0 bridgehead atoms. The molecule has 0 saturated carbocycles. The van der Waals surface area contributed by atoms with Crippen LogP contribution in [0.25, 0.3) is 0 Å². The Labute approximate surface area is 76.8 Å². The van der Waals surface area contributed by atoms with Gasteiger partial charge in [-0.3, -0.25) is 9.59 Å². The van der Waals surface area contributed by atoms with Gasteiger partial charge in [0.05, 0.1) is 0 Å². The number of anilines is 1. The molecule has 0 atom stereocenters. The van der Waals surface area contributed by atoms with Crippen molar-refractivity contribution in [3.05, 3.63) is 36.8 Å². The number of carbonyl (C=O) groups is 2. The summed E-state index contributed by atoms with van der Waals surface area (Å²) in [6, 6.07) is 6.58. The van der Waals surface area contributed by atoms with Gasteiger partial charge in [0.25, 0.3) is 0 Å². The molecule has 1 radical (unpaired) electrons. The van der Waals surface area contributed by atoms with Crippen molar-refractivity contribution in [2.24, 2.45) is 0 Å². The number of hydrogen-bond donors (Lipinski definition) is 1. The molecular formula is C10H10NO2. The van der Waals surface area contributed by atoms with Crippen LogP contribution in [0, 0.1) is 6.92 Å². The fourth-order valence-corrected chi connectivity index (χ4v) is 0.943. The largest absolute Gasteiger partial charge is 0.326 e. The van der Waals surface area contributed by atoms with Gasteiger partial charge in [-0.15, -0.1) is 0 Å². The topological polar surface area (TPSA) is 46.2 Å². The van der Waals surface area contributed by atoms with E-state index in [1.807, 2.05) is 0 Å². The number of Topliss-reactive ketones (excluding diaryl/α,β-unsaturated/α-hetero) is 1. The third-order valence-corrected chi connectivity index (χ3v) is 1.53. The van der Waals surface area contributed by atoms with Crippen LogP contribution >= 0.6 is 0 Å². The maximum Gasteiger partial charge on any atom is 0.221 e. The molecule has 0 fully saturated rings. The number of benzene rings is 1. The highest BCUT2D eigenvalue weighted by Gasteiger charge is 1.99. The van der Waals surface area contributed by atoms with Crippen LogP contribution in [0.2, 0.25) is 0 Å². The van der Waals surface area contributed by atoms with Gasteiger partial charge in [0.15, 0.2) is 5.78 Å². The quantitative estimate of drug-likeness (QED) is 0.696. The maximum absolute atomic E-state index is 10.8. The van der Waals surface area contributed by atoms with Crippen molar-refractivity contribution in [1.82, 2.24) is 0 Å². The van der Waals surface area contributed by atoms with Crippen molar-refractivity contribution in [1.29, 1.82) is 0 Å². The van der Waals surface area contributed by atoms with Crippen molar-refractivity contribution in [3.63, 3.8) is 0 Å². The van der Waals surface area contributed by atoms with E-state index < -0.39 is 0 Å². The van der Waals surface area contributed by atoms with Crippen LogP contribution in [0.5, 0.6) is 0 Å². The Morgan fingerprint density at radius 3 is 2.15 bits per heavy atom. The molecule has 0 aliphatic carbocycles. The fraction of sp³-hybridized carbons (Fsp3) is 0.100. The molecule has 0 spiro atoms. The molecule has 67 valence electrons. The zero-order valence-electron chi connectivity index (χ0n) is 7.33. The lowest BCUT2D eigenvalue weighted by atomic mass is 10.1. The average Bonchev–Trinajstić information content (AvgIpc) is 2.04. The summed E-state index contributed by atoms with van der Waals surface area (Å²) in [5, 5.41) is 2.60. The Morgan fingerprint density at radius 1 is 1.23 bits per heavy atom. The van der Waals surface area contributed by atoms with Crippen LogP contribution in [0.4, 0.5) is 5.69 Å². The molecule has 0 heterocycles. The second-order valence-electron chi connectivity index (χ2n) is 2.68. The summed E-state index contributed by atoms with van der Waals surface area (Å²) >= 11 is 0. The monoisotopic (exact) mass is 176 g/mol. The second-order valence-corrected chi connectivity index (χ2v) is 2.68. The van der Waals surface area contributed by atoms with E-state index in [9.17, 15) is 9.59 Å². The minimum Gasteiger partial charge on any atom is -0.326 e. The van der Waals surface area contributed by atoms with E-state index >= 15 is 0 Å². The highest BCUT2D eigenvalue weighted by atomic mass is 16.1. The fourth-order valence-electron chi connectivity index (χ4n) is 0.943. The molecule has 0 aliphatic heterocycles. The van der Waals surface area contributed by atoms with Gasteiger partial charge in [-0.05, 0) is 24.3 Å². The Hall–Kier alpha value is -1.64. The molecule has 0 aliphatic rings. The molecule has 3 nitrogen and oxygen atoms in total. The van der Waals surface area contributed by atoms with E-state index in [1.54, 1.807) is 24.3 Å². The predicted octanol–water partition coefficient (Wildman–Crippen LogP) is 1.66. The molecule has 1 aromatic rings. The van der Waals surface area contributed by atoms with E-state index in [2.05, 4.69) is 12.2 Å². The smallest absolute Gasteiger partial charge is 0.221 e. The number of amides is 1. The van der Waals surface area contributed by atoms with Crippen LogP contribution in [0.1, 0.15) is 17.3 Å². The highest BCUT2D eigenvalue weighted by Crippen LogP contribution is 2.09. The van der Waals surface area contributed by atoms with Gasteiger partial charge in [0.2, 0.25) is 5.91 Å². The number of rotatable bonds is 2. The molecule has 1 rings (SSSR count). The summed E-state index contributed by atoms with van der Waals surface area (Å²) in [7, 11) is 0. The molecular weight excluding hydrogens is 166 g/mol. The highest BCUT2D eigenvalue weighted by molar-refractivity contribution is 5.99. The lowest BCUT2D eigenvalue weighted by Crippen LogP contribution is -2.05. The van der Waals surface area contributed by atoms with E-state index in [-0.39, 0.29) is 11.7 Å². The number of nitrogens with one attached hydrogen (secondary N) is 1. The Kier molecular flexibility index (Phi) is 2.80. The van der Waals surface area contributed by atoms with Crippen molar-refractivity contribution < 1.29 is 9.59 Å². The van der Waals surface area contributed by atoms with Gasteiger partial charge < -0.3 is 5.32 Å². The van der Waals surface area contributed by atoms with Crippen LogP contribution in [0.15, 0.2) is 24.3 Å². The number of carbonyl (C=O) groups excluding carboxylic acids is 2. The molecule has 1 aromatic carbocycles. The minimum atomic E-state index is -0.227. The van der Waals surface area contributed by atoms with Gasteiger partial charge in [-0.1, -0.05) is 0 Å². The first kappa shape index (κ1) is 9.45. The summed E-state index contributed by atoms with van der Waals surface area (Å²) in [5.41, 5.74) is 1.21. The molecule has 0 aromatic heterocycles. The van der Waals surface area contributed by atoms with Gasteiger partial charge >= 0.3 is 0 Å². The molecule has 1 amide bonds. The van der Waals surface area contributed by atoms with E-state index in [0.29, 0.717) is 11.3 Å². The Balaban J connectivity index is 2.81. The zero-order valence-corrected chi connectivity index (χ0v) is 7.33. The minimum absolute atomic E-state index is 0.131. The Morgan fingerprint density at radius 2 is 1.77 bits per heavy atom. The summed E-state index contributed by atoms with van der Waals surface area (Å²) in [5.74, 6) is -0.358. The van der Waals surface area contributed by atoms with E-state index in [1.165, 1.54) is 6.92 Å². The van der Waals surface area contributed by atoms with Crippen molar-refractivity contribution >= 4 is 17.4 Å². The summed E-state index contributed by atoms with van der Waals surface area (Å²) in [4.78, 5) is 21.4. The second kappa shape index (κ2) is 3.85. The lowest BCUT2D eigenvalue weighted by Gasteiger charge is -2.01. The summed E-state index contributed by atoms with van der Waals surface area (Å²) in [6.07, 6.45) is 0. The third kappa shape index (κ3) is 2.71. The lowest BCUT2D eigenvalue weighted by molar-refractivity contribution is -0.114. The molecule has 3 heteroatoms. The van der Waals surface area contributed by atoms with Crippen molar-refractivity contribution in [2.75, 3.05) is 5.32 Å². The maximum atomic E-state index is 10.8. The van der Waals surface area contributed by atoms with Gasteiger partial charge in [0.1, 0.15) is 0 Å². The van der Waals surface area contributed by atoms with E-state index in [4.69, 9.17) is 0 Å². The molecule has 1 N–H and O–H groups in total. The first-order valence-electron chi connectivity index (χ1n) is 3.83. The first-order valence-corrected chi connectivity index (χ1v) is 3.83. The normalized spacial score (nSPS) is 9.38. The van der Waals surface area contributed by atoms with Crippen LogP contribution < -0.4 is 5.32 Å². The predicted molar refractivity (Wildman–Crippen MR) is 50.4 cm³/mol. The Bertz CT molecular complexity index is 327. The van der Waals surface area contributed by atoms with Crippen LogP contribution in [0.3, 0.4) is 0 Å². The van der Waals surface area contributed by atoms with Gasteiger partial charge in [-0.25, -0.2) is 0 Å². The van der Waals surface area contributed by atoms with Crippen molar-refractivity contribution in [3.8, 4) is 0 Å². The van der Waals surface area contributed by atoms with Crippen LogP contribution in [-0.4, -0.2) is 11.7 Å². The molecule has 0 unspecified atom stereocenters. The number of ketones is 1. The summed E-state index contributed by atoms with van der Waals surface area (Å²) in [6.45, 7) is 4.70. The third-order valence-electron chi connectivity index (χ3n) is 1.53. The average molecular weight is 176 g/mol. The van der Waals surface area contributed by atoms with E-state index in [0.717, 1.165) is 0 Å². The van der Waals surface area contributed by atoms with Crippen LogP contribution in [-0.2, 0) is 4.79 Å². The first-order chi connectivity index (χ1) is 6.09. The molecule has 13 heavy (non-hydrogen) atoms. The van der Waals surface area contributed by atoms with Gasteiger partial charge in [0, 0.05) is 25.1 Å². The summed E-state index contributed by atoms with van der Waals surface area (Å²) < 4.78 is 0. The SMILES string of the molecule is [CH2]C(=O)c1ccc(NC(C)=O)cc1. The standard InChI is InChI=1S/C10H10NO2/c1-7(12)9-3-5-10(6-4-9)11-8(2)13/h3-6H,1H2,2H3,(H,11,13). The number of hydrogen-bond acceptors (Lipinski definition) is 2. The zero-order chi connectivity index (χ0) is 9.84. The van der Waals surface area contributed by atoms with Crippen molar-refractivity contribution in [2.45, 2.75) is 6.92 Å².